The van der Waals surface area contributed by atoms with Crippen molar-refractivity contribution in [1.82, 2.24) is 9.55 Å². The highest BCUT2D eigenvalue weighted by molar-refractivity contribution is 5.85. The number of imidazole rings is 1. The van der Waals surface area contributed by atoms with Crippen LogP contribution in [0.3, 0.4) is 0 Å². The lowest BCUT2D eigenvalue weighted by Gasteiger charge is -2.01. The van der Waals surface area contributed by atoms with E-state index in [0.29, 0.717) is 0 Å². The minimum atomic E-state index is 0. The van der Waals surface area contributed by atoms with Gasteiger partial charge in [-0.2, -0.15) is 0 Å². The van der Waals surface area contributed by atoms with Crippen molar-refractivity contribution in [2.45, 2.75) is 26.5 Å². The van der Waals surface area contributed by atoms with Crippen molar-refractivity contribution in [3.8, 4) is 0 Å². The molecule has 0 atom stereocenters. The molecular weight excluding hydrogens is 164 g/mol. The molecule has 0 aliphatic heterocycles. The molecule has 0 bridgehead atoms. The molecule has 0 amide bonds. The van der Waals surface area contributed by atoms with E-state index in [4.69, 9.17) is 5.11 Å². The molecule has 1 N–H and O–H groups in total. The van der Waals surface area contributed by atoms with E-state index in [-0.39, 0.29) is 19.0 Å². The van der Waals surface area contributed by atoms with Crippen molar-refractivity contribution < 1.29 is 5.11 Å². The second kappa shape index (κ2) is 5.16. The number of aliphatic hydroxyl groups is 1. The van der Waals surface area contributed by atoms with E-state index < -0.39 is 0 Å². The predicted molar refractivity (Wildman–Crippen MR) is 45.7 cm³/mol. The molecule has 0 radical (unpaired) electrons. The van der Waals surface area contributed by atoms with Crippen molar-refractivity contribution in [2.75, 3.05) is 0 Å². The lowest BCUT2D eigenvalue weighted by atomic mass is 10.4. The van der Waals surface area contributed by atoms with E-state index in [0.717, 1.165) is 18.7 Å². The van der Waals surface area contributed by atoms with Crippen molar-refractivity contribution in [3.05, 3.63) is 18.2 Å². The Labute approximate surface area is 72.5 Å². The van der Waals surface area contributed by atoms with Crippen LogP contribution < -0.4 is 0 Å². The van der Waals surface area contributed by atoms with Crippen molar-refractivity contribution in [2.24, 2.45) is 0 Å². The van der Waals surface area contributed by atoms with E-state index in [9.17, 15) is 0 Å². The number of hydrogen-bond donors (Lipinski definition) is 1. The minimum Gasteiger partial charge on any atom is -0.390 e. The molecule has 0 aromatic carbocycles. The Kier molecular flexibility index (Phi) is 4.90. The molecule has 11 heavy (non-hydrogen) atoms. The second-order valence-electron chi connectivity index (χ2n) is 2.24. The van der Waals surface area contributed by atoms with Gasteiger partial charge in [0.2, 0.25) is 0 Å². The molecule has 0 fully saturated rings. The summed E-state index contributed by atoms with van der Waals surface area (Å²) >= 11 is 0. The van der Waals surface area contributed by atoms with E-state index in [1.54, 1.807) is 12.5 Å². The summed E-state index contributed by atoms with van der Waals surface area (Å²) in [5.74, 6) is 0. The quantitative estimate of drug-likeness (QED) is 0.752. The van der Waals surface area contributed by atoms with Crippen LogP contribution in [0.15, 0.2) is 12.5 Å². The van der Waals surface area contributed by atoms with E-state index in [2.05, 4.69) is 11.9 Å². The molecule has 1 heterocycles. The average molecular weight is 177 g/mol. The van der Waals surface area contributed by atoms with Crippen molar-refractivity contribution in [1.29, 1.82) is 0 Å². The summed E-state index contributed by atoms with van der Waals surface area (Å²) in [7, 11) is 0. The number of nitrogens with zero attached hydrogens (tertiary/aromatic N) is 2. The van der Waals surface area contributed by atoms with Gasteiger partial charge < -0.3 is 9.67 Å². The molecule has 1 aromatic rings. The van der Waals surface area contributed by atoms with E-state index >= 15 is 0 Å². The highest BCUT2D eigenvalue weighted by atomic mass is 35.5. The third-order valence-electron chi connectivity index (χ3n) is 1.43. The fraction of sp³-hybridized carbons (Fsp3) is 0.571. The SMILES string of the molecule is CCCn1cncc1CO.Cl. The monoisotopic (exact) mass is 176 g/mol. The van der Waals surface area contributed by atoms with Gasteiger partial charge >= 0.3 is 0 Å². The minimum absolute atomic E-state index is 0. The second-order valence-corrected chi connectivity index (χ2v) is 2.24. The number of aryl methyl sites for hydroxylation is 1. The standard InChI is InChI=1S/C7H12N2O.ClH/c1-2-3-9-6-8-4-7(9)5-10;/h4,6,10H,2-3,5H2,1H3;1H. The van der Waals surface area contributed by atoms with Crippen LogP contribution >= 0.6 is 12.4 Å². The summed E-state index contributed by atoms with van der Waals surface area (Å²) in [5, 5.41) is 8.77. The Bertz CT molecular complexity index is 200. The molecule has 3 nitrogen and oxygen atoms in total. The molecule has 1 aromatic heterocycles. The first-order valence-corrected chi connectivity index (χ1v) is 3.48. The van der Waals surface area contributed by atoms with Crippen molar-refractivity contribution >= 4 is 12.4 Å². The van der Waals surface area contributed by atoms with Crippen LogP contribution in [0.2, 0.25) is 0 Å². The zero-order valence-electron chi connectivity index (χ0n) is 6.53. The van der Waals surface area contributed by atoms with Gasteiger partial charge in [0, 0.05) is 6.54 Å². The first-order chi connectivity index (χ1) is 4.88. The molecule has 0 aliphatic carbocycles. The van der Waals surface area contributed by atoms with Gasteiger partial charge in [-0.15, -0.1) is 12.4 Å². The number of hydrogen-bond acceptors (Lipinski definition) is 2. The highest BCUT2D eigenvalue weighted by Crippen LogP contribution is 1.99. The van der Waals surface area contributed by atoms with Crippen molar-refractivity contribution in [3.63, 3.8) is 0 Å². The maximum Gasteiger partial charge on any atom is 0.0948 e. The van der Waals surface area contributed by atoms with Crippen LogP contribution in [-0.4, -0.2) is 14.7 Å². The summed E-state index contributed by atoms with van der Waals surface area (Å²) < 4.78 is 1.96. The zero-order chi connectivity index (χ0) is 7.40. The molecule has 0 aliphatic rings. The molecule has 4 heteroatoms. The molecular formula is C7H13ClN2O. The average Bonchev–Trinajstić information content (AvgIpc) is 2.36. The normalized spacial score (nSPS) is 9.27. The fourth-order valence-electron chi connectivity index (χ4n) is 0.922. The Morgan fingerprint density at radius 3 is 2.91 bits per heavy atom. The number of rotatable bonds is 3. The Hall–Kier alpha value is -0.540. The number of aliphatic hydroxyl groups excluding tert-OH is 1. The third kappa shape index (κ3) is 2.52. The molecule has 0 saturated heterocycles. The van der Waals surface area contributed by atoms with Gasteiger partial charge in [-0.3, -0.25) is 0 Å². The van der Waals surface area contributed by atoms with Crippen LogP contribution in [0.4, 0.5) is 0 Å². The number of halogens is 1. The fourth-order valence-corrected chi connectivity index (χ4v) is 0.922. The molecule has 1 rings (SSSR count). The summed E-state index contributed by atoms with van der Waals surface area (Å²) in [6.45, 7) is 3.12. The first kappa shape index (κ1) is 10.5. The maximum atomic E-state index is 8.77. The topological polar surface area (TPSA) is 38.0 Å². The maximum absolute atomic E-state index is 8.77. The van der Waals surface area contributed by atoms with E-state index in [1.807, 2.05) is 4.57 Å². The van der Waals surface area contributed by atoms with Crippen LogP contribution in [0.1, 0.15) is 19.0 Å². The first-order valence-electron chi connectivity index (χ1n) is 3.48. The lowest BCUT2D eigenvalue weighted by Crippen LogP contribution is -1.99. The van der Waals surface area contributed by atoms with Crippen LogP contribution in [0.5, 0.6) is 0 Å². The van der Waals surface area contributed by atoms with Crippen LogP contribution in [0.25, 0.3) is 0 Å². The van der Waals surface area contributed by atoms with Gasteiger partial charge in [0.05, 0.1) is 24.8 Å². The number of aromatic nitrogens is 2. The smallest absolute Gasteiger partial charge is 0.0948 e. The van der Waals surface area contributed by atoms with Gasteiger partial charge in [0.25, 0.3) is 0 Å². The molecule has 0 spiro atoms. The Morgan fingerprint density at radius 2 is 2.36 bits per heavy atom. The highest BCUT2D eigenvalue weighted by Gasteiger charge is 1.96. The largest absolute Gasteiger partial charge is 0.390 e. The zero-order valence-corrected chi connectivity index (χ0v) is 7.34. The van der Waals surface area contributed by atoms with Crippen LogP contribution in [-0.2, 0) is 13.2 Å². The summed E-state index contributed by atoms with van der Waals surface area (Å²) in [6, 6.07) is 0. The molecule has 0 unspecified atom stereocenters. The summed E-state index contributed by atoms with van der Waals surface area (Å²) in [4.78, 5) is 3.91. The lowest BCUT2D eigenvalue weighted by molar-refractivity contribution is 0.270. The Morgan fingerprint density at radius 1 is 1.64 bits per heavy atom. The molecule has 64 valence electrons. The Balaban J connectivity index is 0.000001000. The van der Waals surface area contributed by atoms with Gasteiger partial charge in [0.15, 0.2) is 0 Å². The van der Waals surface area contributed by atoms with Crippen LogP contribution in [0, 0.1) is 0 Å². The third-order valence-corrected chi connectivity index (χ3v) is 1.43. The van der Waals surface area contributed by atoms with Gasteiger partial charge in [-0.05, 0) is 6.42 Å². The van der Waals surface area contributed by atoms with Gasteiger partial charge in [-0.1, -0.05) is 6.92 Å². The van der Waals surface area contributed by atoms with Gasteiger partial charge in [-0.25, -0.2) is 4.98 Å². The summed E-state index contributed by atoms with van der Waals surface area (Å²) in [5.41, 5.74) is 0.891. The molecule has 0 saturated carbocycles. The predicted octanol–water partition coefficient (Wildman–Crippen LogP) is 1.21. The summed E-state index contributed by atoms with van der Waals surface area (Å²) in [6.07, 6.45) is 4.51. The van der Waals surface area contributed by atoms with E-state index in [1.165, 1.54) is 0 Å². The van der Waals surface area contributed by atoms with Gasteiger partial charge in [0.1, 0.15) is 0 Å².